The summed E-state index contributed by atoms with van der Waals surface area (Å²) in [6, 6.07) is 0.843. The Morgan fingerprint density at radius 1 is 0.875 bits per heavy atom. The van der Waals surface area contributed by atoms with Crippen molar-refractivity contribution in [3.05, 3.63) is 0 Å². The van der Waals surface area contributed by atoms with Gasteiger partial charge in [-0.15, -0.1) is 0 Å². The van der Waals surface area contributed by atoms with Crippen LogP contribution in [0.2, 0.25) is 0 Å². The molecule has 0 amide bonds. The summed E-state index contributed by atoms with van der Waals surface area (Å²) < 4.78 is 8.49. The van der Waals surface area contributed by atoms with E-state index in [-0.39, 0.29) is 6.10 Å². The Bertz CT molecular complexity index is 201. The number of rotatable bonds is 6. The molecule has 0 aliphatic rings. The molecule has 0 heterocycles. The molecule has 0 bridgehead atoms. The molecular weight excluding hydrogens is 241 g/mol. The predicted octanol–water partition coefficient (Wildman–Crippen LogP) is 4.67. The van der Waals surface area contributed by atoms with Crippen LogP contribution in [0, 0.1) is 0 Å². The molecule has 0 saturated heterocycles. The normalized spacial score (nSPS) is 14.9. The van der Waals surface area contributed by atoms with Gasteiger partial charge in [0.2, 0.25) is 0 Å². The fourth-order valence-electron chi connectivity index (χ4n) is 2.13. The molecular formula is C12H29ClNOP. The first kappa shape index (κ1) is 16.6. The molecule has 0 aliphatic carbocycles. The summed E-state index contributed by atoms with van der Waals surface area (Å²) >= 11 is 6.87. The SMILES string of the molecule is CC(C)O[PH](Cl)(C(C)C)N(C(C)C)C(C)C. The van der Waals surface area contributed by atoms with Crippen molar-refractivity contribution in [2.45, 2.75) is 79.2 Å². The van der Waals surface area contributed by atoms with Crippen molar-refractivity contribution < 1.29 is 4.52 Å². The summed E-state index contributed by atoms with van der Waals surface area (Å²) in [5.74, 6) is 0. The summed E-state index contributed by atoms with van der Waals surface area (Å²) in [6.45, 7) is 14.9. The van der Waals surface area contributed by atoms with Gasteiger partial charge in [0, 0.05) is 0 Å². The molecule has 0 spiro atoms. The van der Waals surface area contributed by atoms with Crippen LogP contribution in [0.15, 0.2) is 0 Å². The molecule has 0 radical (unpaired) electrons. The summed E-state index contributed by atoms with van der Waals surface area (Å²) in [5, 5.41) is 0. The fraction of sp³-hybridized carbons (Fsp3) is 1.00. The van der Waals surface area contributed by atoms with Crippen LogP contribution in [-0.4, -0.2) is 28.5 Å². The van der Waals surface area contributed by atoms with E-state index in [2.05, 4.69) is 60.1 Å². The molecule has 0 aliphatic heterocycles. The monoisotopic (exact) mass is 269 g/mol. The second kappa shape index (κ2) is 6.54. The third-order valence-electron chi connectivity index (χ3n) is 2.58. The van der Waals surface area contributed by atoms with Gasteiger partial charge in [-0.25, -0.2) is 0 Å². The van der Waals surface area contributed by atoms with Crippen LogP contribution in [0.5, 0.6) is 0 Å². The Kier molecular flexibility index (Phi) is 6.80. The second-order valence-electron chi connectivity index (χ2n) is 5.53. The predicted molar refractivity (Wildman–Crippen MR) is 77.6 cm³/mol. The molecule has 0 aromatic rings. The van der Waals surface area contributed by atoms with Gasteiger partial charge < -0.3 is 0 Å². The Labute approximate surface area is 107 Å². The third kappa shape index (κ3) is 4.14. The zero-order valence-corrected chi connectivity index (χ0v) is 13.8. The first-order valence-corrected chi connectivity index (χ1v) is 9.22. The van der Waals surface area contributed by atoms with Crippen molar-refractivity contribution in [2.75, 3.05) is 0 Å². The van der Waals surface area contributed by atoms with Crippen LogP contribution in [0.25, 0.3) is 0 Å². The Balaban J connectivity index is 5.12. The minimum absolute atomic E-state index is 0.187. The van der Waals surface area contributed by atoms with E-state index in [1.54, 1.807) is 0 Å². The molecule has 0 N–H and O–H groups in total. The minimum atomic E-state index is -2.34. The van der Waals surface area contributed by atoms with Gasteiger partial charge in [0.05, 0.1) is 0 Å². The Morgan fingerprint density at radius 2 is 1.25 bits per heavy atom. The molecule has 0 rings (SSSR count). The van der Waals surface area contributed by atoms with Gasteiger partial charge in [-0.1, -0.05) is 0 Å². The summed E-state index contributed by atoms with van der Waals surface area (Å²) in [4.78, 5) is 0. The number of hydrogen-bond donors (Lipinski definition) is 0. The van der Waals surface area contributed by atoms with Crippen LogP contribution in [0.1, 0.15) is 55.4 Å². The zero-order valence-electron chi connectivity index (χ0n) is 12.0. The molecule has 0 atom stereocenters. The van der Waals surface area contributed by atoms with E-state index in [9.17, 15) is 0 Å². The number of nitrogens with zero attached hydrogens (tertiary/aromatic N) is 1. The van der Waals surface area contributed by atoms with Gasteiger partial charge in [-0.2, -0.15) is 0 Å². The topological polar surface area (TPSA) is 12.5 Å². The molecule has 100 valence electrons. The molecule has 4 heteroatoms. The molecule has 16 heavy (non-hydrogen) atoms. The van der Waals surface area contributed by atoms with Crippen molar-refractivity contribution >= 4 is 18.2 Å². The van der Waals surface area contributed by atoms with E-state index in [4.69, 9.17) is 15.8 Å². The van der Waals surface area contributed by atoms with Gasteiger partial charge in [0.25, 0.3) is 0 Å². The van der Waals surface area contributed by atoms with Crippen molar-refractivity contribution in [3.63, 3.8) is 0 Å². The maximum atomic E-state index is 6.87. The molecule has 0 fully saturated rings. The van der Waals surface area contributed by atoms with E-state index >= 15 is 0 Å². The van der Waals surface area contributed by atoms with Crippen LogP contribution in [0.4, 0.5) is 0 Å². The molecule has 0 aromatic carbocycles. The van der Waals surface area contributed by atoms with Crippen molar-refractivity contribution in [1.29, 1.82) is 0 Å². The van der Waals surface area contributed by atoms with E-state index in [0.717, 1.165) is 0 Å². The summed E-state index contributed by atoms with van der Waals surface area (Å²) in [7, 11) is 0. The molecule has 0 unspecified atom stereocenters. The quantitative estimate of drug-likeness (QED) is 0.650. The number of halogens is 1. The molecule has 2 nitrogen and oxygen atoms in total. The summed E-state index contributed by atoms with van der Waals surface area (Å²) in [5.41, 5.74) is 0.376. The third-order valence-corrected chi connectivity index (χ3v) is 8.70. The Morgan fingerprint density at radius 3 is 1.44 bits per heavy atom. The van der Waals surface area contributed by atoms with E-state index in [0.29, 0.717) is 17.7 Å². The van der Waals surface area contributed by atoms with Gasteiger partial charge in [-0.3, -0.25) is 0 Å². The van der Waals surface area contributed by atoms with Crippen molar-refractivity contribution in [3.8, 4) is 0 Å². The molecule has 0 aromatic heterocycles. The van der Waals surface area contributed by atoms with Crippen molar-refractivity contribution in [1.82, 2.24) is 4.67 Å². The maximum absolute atomic E-state index is 6.87. The van der Waals surface area contributed by atoms with Gasteiger partial charge in [0.1, 0.15) is 0 Å². The van der Waals surface area contributed by atoms with E-state index in [1.165, 1.54) is 0 Å². The average molecular weight is 270 g/mol. The average Bonchev–Trinajstić information content (AvgIpc) is 1.99. The number of hydrogen-bond acceptors (Lipinski definition) is 2. The second-order valence-corrected chi connectivity index (χ2v) is 10.3. The van der Waals surface area contributed by atoms with E-state index < -0.39 is 6.99 Å². The molecule has 0 saturated carbocycles. The van der Waals surface area contributed by atoms with Gasteiger partial charge >= 0.3 is 107 Å². The van der Waals surface area contributed by atoms with Gasteiger partial charge in [-0.05, 0) is 0 Å². The van der Waals surface area contributed by atoms with Crippen molar-refractivity contribution in [2.24, 2.45) is 0 Å². The standard InChI is InChI=1S/C12H29ClNOP/c1-9(2)14(10(3)4)16(13,12(7)8)15-11(5)6/h9-12,16H,1-8H3. The van der Waals surface area contributed by atoms with Crippen LogP contribution in [-0.2, 0) is 4.52 Å². The van der Waals surface area contributed by atoms with Crippen LogP contribution >= 0.6 is 18.2 Å². The summed E-state index contributed by atoms with van der Waals surface area (Å²) in [6.07, 6.45) is 0.187. The first-order valence-electron chi connectivity index (χ1n) is 6.28. The van der Waals surface area contributed by atoms with Crippen LogP contribution < -0.4 is 0 Å². The Hall–Kier alpha value is 0.640. The zero-order chi connectivity index (χ0) is 13.1. The fourth-order valence-corrected chi connectivity index (χ4v) is 6.89. The first-order chi connectivity index (χ1) is 7.12. The van der Waals surface area contributed by atoms with Gasteiger partial charge in [0.15, 0.2) is 0 Å². The van der Waals surface area contributed by atoms with E-state index in [1.807, 2.05) is 0 Å². The van der Waals surface area contributed by atoms with Crippen LogP contribution in [0.3, 0.4) is 0 Å².